The Morgan fingerprint density at radius 2 is 1.84 bits per heavy atom. The first-order valence-electron chi connectivity index (χ1n) is 8.52. The summed E-state index contributed by atoms with van der Waals surface area (Å²) in [6.45, 7) is 7.83. The standard InChI is InChI=1S/C17H25N3O4S/c1-17(2,3)24-16(21)20-11-14(12-20)13-4-5-15(18-10-13)19-6-8-25(22,23)9-7-19/h4-5,10,14H,6-9,11-12H2,1-3H3. The molecular weight excluding hydrogens is 342 g/mol. The maximum atomic E-state index is 12.0. The Kier molecular flexibility index (Phi) is 4.66. The molecule has 25 heavy (non-hydrogen) atoms. The number of hydrogen-bond acceptors (Lipinski definition) is 6. The van der Waals surface area contributed by atoms with E-state index in [0.717, 1.165) is 11.4 Å². The van der Waals surface area contributed by atoms with Gasteiger partial charge in [0.1, 0.15) is 11.4 Å². The van der Waals surface area contributed by atoms with E-state index in [-0.39, 0.29) is 23.5 Å². The lowest BCUT2D eigenvalue weighted by atomic mass is 9.93. The third-order valence-electron chi connectivity index (χ3n) is 4.44. The fourth-order valence-corrected chi connectivity index (χ4v) is 4.13. The third kappa shape index (κ3) is 4.42. The molecule has 7 nitrogen and oxygen atoms in total. The fraction of sp³-hybridized carbons (Fsp3) is 0.647. The molecule has 2 aliphatic rings. The lowest BCUT2D eigenvalue weighted by Crippen LogP contribution is -2.50. The summed E-state index contributed by atoms with van der Waals surface area (Å²) in [4.78, 5) is 20.1. The molecule has 0 radical (unpaired) electrons. The number of carbonyl (C=O) groups excluding carboxylic acids is 1. The van der Waals surface area contributed by atoms with E-state index >= 15 is 0 Å². The lowest BCUT2D eigenvalue weighted by molar-refractivity contribution is 0.00816. The van der Waals surface area contributed by atoms with Gasteiger partial charge in [-0.1, -0.05) is 6.07 Å². The summed E-state index contributed by atoms with van der Waals surface area (Å²) in [5.74, 6) is 1.45. The molecule has 2 aliphatic heterocycles. The Balaban J connectivity index is 1.53. The average molecular weight is 367 g/mol. The van der Waals surface area contributed by atoms with Crippen LogP contribution in [0.5, 0.6) is 0 Å². The van der Waals surface area contributed by atoms with Gasteiger partial charge in [0, 0.05) is 38.3 Å². The van der Waals surface area contributed by atoms with Crippen molar-refractivity contribution in [3.05, 3.63) is 23.9 Å². The highest BCUT2D eigenvalue weighted by molar-refractivity contribution is 7.91. The van der Waals surface area contributed by atoms with Gasteiger partial charge < -0.3 is 14.5 Å². The molecule has 0 N–H and O–H groups in total. The Hall–Kier alpha value is -1.83. The predicted molar refractivity (Wildman–Crippen MR) is 95.7 cm³/mol. The minimum absolute atomic E-state index is 0.184. The summed E-state index contributed by atoms with van der Waals surface area (Å²) in [5.41, 5.74) is 0.612. The van der Waals surface area contributed by atoms with Gasteiger partial charge in [-0.2, -0.15) is 0 Å². The van der Waals surface area contributed by atoms with Gasteiger partial charge in [-0.25, -0.2) is 18.2 Å². The number of ether oxygens (including phenoxy) is 1. The molecule has 2 fully saturated rings. The van der Waals surface area contributed by atoms with Crippen molar-refractivity contribution in [3.63, 3.8) is 0 Å². The largest absolute Gasteiger partial charge is 0.444 e. The summed E-state index contributed by atoms with van der Waals surface area (Å²) in [7, 11) is -2.89. The molecule has 0 spiro atoms. The molecule has 2 saturated heterocycles. The Morgan fingerprint density at radius 3 is 2.36 bits per heavy atom. The monoisotopic (exact) mass is 367 g/mol. The molecule has 1 amide bonds. The van der Waals surface area contributed by atoms with Gasteiger partial charge >= 0.3 is 6.09 Å². The van der Waals surface area contributed by atoms with Gasteiger partial charge in [-0.05, 0) is 32.4 Å². The van der Waals surface area contributed by atoms with E-state index in [9.17, 15) is 13.2 Å². The average Bonchev–Trinajstić information content (AvgIpc) is 2.45. The van der Waals surface area contributed by atoms with Crippen molar-refractivity contribution in [2.24, 2.45) is 0 Å². The van der Waals surface area contributed by atoms with Crippen molar-refractivity contribution in [1.29, 1.82) is 0 Å². The van der Waals surface area contributed by atoms with Crippen molar-refractivity contribution in [2.75, 3.05) is 42.6 Å². The number of carbonyl (C=O) groups is 1. The van der Waals surface area contributed by atoms with Crippen LogP contribution in [-0.4, -0.2) is 67.7 Å². The molecule has 0 aliphatic carbocycles. The molecule has 138 valence electrons. The quantitative estimate of drug-likeness (QED) is 0.791. The van der Waals surface area contributed by atoms with Crippen LogP contribution in [0.4, 0.5) is 10.6 Å². The van der Waals surface area contributed by atoms with Gasteiger partial charge in [0.05, 0.1) is 11.5 Å². The zero-order chi connectivity index (χ0) is 18.2. The maximum Gasteiger partial charge on any atom is 0.410 e. The lowest BCUT2D eigenvalue weighted by Gasteiger charge is -2.40. The van der Waals surface area contributed by atoms with Gasteiger partial charge in [0.2, 0.25) is 0 Å². The molecule has 1 aromatic rings. The van der Waals surface area contributed by atoms with Crippen LogP contribution in [0.3, 0.4) is 0 Å². The topological polar surface area (TPSA) is 79.8 Å². The minimum atomic E-state index is -2.89. The zero-order valence-corrected chi connectivity index (χ0v) is 15.8. The van der Waals surface area contributed by atoms with Crippen LogP contribution in [0.1, 0.15) is 32.3 Å². The number of aromatic nitrogens is 1. The van der Waals surface area contributed by atoms with E-state index < -0.39 is 15.4 Å². The number of amides is 1. The SMILES string of the molecule is CC(C)(C)OC(=O)N1CC(c2ccc(N3CCS(=O)(=O)CC3)nc2)C1. The molecule has 0 atom stereocenters. The van der Waals surface area contributed by atoms with Crippen molar-refractivity contribution < 1.29 is 17.9 Å². The second-order valence-electron chi connectivity index (χ2n) is 7.67. The van der Waals surface area contributed by atoms with Crippen LogP contribution in [0.2, 0.25) is 0 Å². The van der Waals surface area contributed by atoms with Gasteiger partial charge in [0.25, 0.3) is 0 Å². The van der Waals surface area contributed by atoms with Crippen molar-refractivity contribution in [1.82, 2.24) is 9.88 Å². The van der Waals surface area contributed by atoms with E-state index in [4.69, 9.17) is 4.74 Å². The predicted octanol–water partition coefficient (Wildman–Crippen LogP) is 1.65. The summed E-state index contributed by atoms with van der Waals surface area (Å²) < 4.78 is 28.4. The van der Waals surface area contributed by atoms with Gasteiger partial charge in [-0.3, -0.25) is 0 Å². The smallest absolute Gasteiger partial charge is 0.410 e. The van der Waals surface area contributed by atoms with E-state index in [1.165, 1.54) is 0 Å². The first-order chi connectivity index (χ1) is 11.6. The van der Waals surface area contributed by atoms with E-state index in [0.29, 0.717) is 26.2 Å². The summed E-state index contributed by atoms with van der Waals surface area (Å²) in [5, 5.41) is 0. The molecular formula is C17H25N3O4S. The molecule has 1 aromatic heterocycles. The van der Waals surface area contributed by atoms with Crippen molar-refractivity contribution in [2.45, 2.75) is 32.3 Å². The Bertz CT molecular complexity index is 720. The first kappa shape index (κ1) is 18.0. The Morgan fingerprint density at radius 1 is 1.20 bits per heavy atom. The molecule has 0 saturated carbocycles. The highest BCUT2D eigenvalue weighted by atomic mass is 32.2. The molecule has 8 heteroatoms. The number of nitrogens with zero attached hydrogens (tertiary/aromatic N) is 3. The molecule has 0 bridgehead atoms. The minimum Gasteiger partial charge on any atom is -0.444 e. The molecule has 0 aromatic carbocycles. The second-order valence-corrected chi connectivity index (χ2v) is 9.97. The highest BCUT2D eigenvalue weighted by Gasteiger charge is 2.34. The van der Waals surface area contributed by atoms with E-state index in [2.05, 4.69) is 4.98 Å². The van der Waals surface area contributed by atoms with Crippen molar-refractivity contribution >= 4 is 21.7 Å². The van der Waals surface area contributed by atoms with Crippen LogP contribution in [-0.2, 0) is 14.6 Å². The number of pyridine rings is 1. The Labute approximate surface area is 148 Å². The first-order valence-corrected chi connectivity index (χ1v) is 10.3. The number of anilines is 1. The van der Waals surface area contributed by atoms with E-state index in [1.54, 1.807) is 4.90 Å². The summed E-state index contributed by atoms with van der Waals surface area (Å²) >= 11 is 0. The zero-order valence-electron chi connectivity index (χ0n) is 14.9. The number of rotatable bonds is 2. The van der Waals surface area contributed by atoms with Crippen LogP contribution in [0.25, 0.3) is 0 Å². The maximum absolute atomic E-state index is 12.0. The fourth-order valence-electron chi connectivity index (χ4n) is 2.93. The van der Waals surface area contributed by atoms with Crippen LogP contribution in [0, 0.1) is 0 Å². The van der Waals surface area contributed by atoms with Crippen LogP contribution >= 0.6 is 0 Å². The second kappa shape index (κ2) is 6.48. The van der Waals surface area contributed by atoms with Gasteiger partial charge in [-0.15, -0.1) is 0 Å². The third-order valence-corrected chi connectivity index (χ3v) is 6.05. The number of hydrogen-bond donors (Lipinski definition) is 0. The van der Waals surface area contributed by atoms with Crippen LogP contribution < -0.4 is 4.90 Å². The normalized spacial score (nSPS) is 20.9. The molecule has 3 rings (SSSR count). The summed E-state index contributed by atoms with van der Waals surface area (Å²) in [6.07, 6.45) is 1.55. The molecule has 3 heterocycles. The highest BCUT2D eigenvalue weighted by Crippen LogP contribution is 2.29. The summed E-state index contributed by atoms with van der Waals surface area (Å²) in [6, 6.07) is 3.95. The van der Waals surface area contributed by atoms with Crippen molar-refractivity contribution in [3.8, 4) is 0 Å². The van der Waals surface area contributed by atoms with E-state index in [1.807, 2.05) is 44.0 Å². The van der Waals surface area contributed by atoms with Crippen LogP contribution in [0.15, 0.2) is 18.3 Å². The van der Waals surface area contributed by atoms with Gasteiger partial charge in [0.15, 0.2) is 9.84 Å². The number of likely N-dealkylation sites (tertiary alicyclic amines) is 1. The number of sulfone groups is 1. The molecule has 0 unspecified atom stereocenters.